The third kappa shape index (κ3) is 2.92. The number of rotatable bonds is 3. The van der Waals surface area contributed by atoms with E-state index in [1.807, 2.05) is 42.5 Å². The molecule has 2 aromatic rings. The molecule has 0 unspecified atom stereocenters. The number of carbonyl (C=O) groups is 2. The van der Waals surface area contributed by atoms with Gasteiger partial charge in [0, 0.05) is 22.9 Å². The smallest absolute Gasteiger partial charge is 0.418 e. The molecule has 0 saturated carbocycles. The molecule has 2 aliphatic carbocycles. The molecule has 1 N–H and O–H groups in total. The number of phenolic OH excluding ortho intramolecular Hbond substituents is 1. The molecule has 0 aromatic heterocycles. The van der Waals surface area contributed by atoms with Crippen molar-refractivity contribution in [2.24, 2.45) is 5.92 Å². The van der Waals surface area contributed by atoms with Gasteiger partial charge in [-0.2, -0.15) is 0 Å². The van der Waals surface area contributed by atoms with Gasteiger partial charge < -0.3 is 24.2 Å². The SMILES string of the molecule is CN1CC[C@]23c4c5ccc(O)c4O[C@H]2[C@@H](OC(=O)C(=O)OCc2ccccc2)C=C[C@H]3[C@H]1C5. The molecule has 2 heterocycles. The predicted molar refractivity (Wildman–Crippen MR) is 118 cm³/mol. The number of ether oxygens (including phenoxy) is 3. The van der Waals surface area contributed by atoms with Crippen LogP contribution < -0.4 is 4.74 Å². The minimum atomic E-state index is -1.04. The van der Waals surface area contributed by atoms with Crippen LogP contribution in [-0.4, -0.2) is 53.8 Å². The summed E-state index contributed by atoms with van der Waals surface area (Å²) in [6.07, 6.45) is 4.38. The summed E-state index contributed by atoms with van der Waals surface area (Å²) in [5, 5.41) is 10.6. The van der Waals surface area contributed by atoms with Crippen molar-refractivity contribution in [1.29, 1.82) is 0 Å². The van der Waals surface area contributed by atoms with Crippen molar-refractivity contribution in [2.45, 2.75) is 43.1 Å². The van der Waals surface area contributed by atoms with Gasteiger partial charge >= 0.3 is 11.9 Å². The lowest BCUT2D eigenvalue weighted by Crippen LogP contribution is -2.65. The highest BCUT2D eigenvalue weighted by atomic mass is 16.6. The van der Waals surface area contributed by atoms with E-state index in [1.165, 1.54) is 5.56 Å². The summed E-state index contributed by atoms with van der Waals surface area (Å²) in [5.74, 6) is -1.31. The third-order valence-corrected chi connectivity index (χ3v) is 7.75. The maximum atomic E-state index is 12.6. The van der Waals surface area contributed by atoms with Crippen molar-refractivity contribution in [1.82, 2.24) is 4.90 Å². The fourth-order valence-corrected chi connectivity index (χ4v) is 6.27. The molecular weight excluding hydrogens is 422 g/mol. The fourth-order valence-electron chi connectivity index (χ4n) is 6.27. The first-order valence-corrected chi connectivity index (χ1v) is 11.3. The van der Waals surface area contributed by atoms with Gasteiger partial charge in [-0.3, -0.25) is 0 Å². The van der Waals surface area contributed by atoms with E-state index in [1.54, 1.807) is 6.07 Å². The molecule has 2 aliphatic heterocycles. The van der Waals surface area contributed by atoms with Crippen LogP contribution in [0.3, 0.4) is 0 Å². The zero-order chi connectivity index (χ0) is 22.7. The van der Waals surface area contributed by atoms with E-state index in [2.05, 4.69) is 18.0 Å². The van der Waals surface area contributed by atoms with E-state index in [4.69, 9.17) is 14.2 Å². The zero-order valence-corrected chi connectivity index (χ0v) is 18.3. The van der Waals surface area contributed by atoms with Crippen LogP contribution in [0, 0.1) is 5.92 Å². The number of piperidine rings is 1. The Kier molecular flexibility index (Phi) is 4.52. The Bertz CT molecular complexity index is 1160. The van der Waals surface area contributed by atoms with E-state index in [0.717, 1.165) is 30.5 Å². The molecule has 0 amide bonds. The van der Waals surface area contributed by atoms with Gasteiger partial charge in [-0.15, -0.1) is 0 Å². The van der Waals surface area contributed by atoms with Gasteiger partial charge in [-0.05, 0) is 49.7 Å². The van der Waals surface area contributed by atoms with Crippen molar-refractivity contribution >= 4 is 11.9 Å². The quantitative estimate of drug-likeness (QED) is 0.440. The van der Waals surface area contributed by atoms with Gasteiger partial charge in [0.1, 0.15) is 12.7 Å². The number of nitrogens with zero attached hydrogens (tertiary/aromatic N) is 1. The summed E-state index contributed by atoms with van der Waals surface area (Å²) in [4.78, 5) is 27.3. The molecule has 4 aliphatic rings. The number of likely N-dealkylation sites (tertiary alicyclic amines) is 1. The molecule has 1 fully saturated rings. The number of benzene rings is 2. The summed E-state index contributed by atoms with van der Waals surface area (Å²) in [6.45, 7) is 0.876. The molecule has 7 nitrogen and oxygen atoms in total. The second-order valence-electron chi connectivity index (χ2n) is 9.37. The van der Waals surface area contributed by atoms with Crippen molar-refractivity contribution in [3.05, 3.63) is 71.3 Å². The number of esters is 2. The Labute approximate surface area is 191 Å². The van der Waals surface area contributed by atoms with Crippen LogP contribution in [-0.2, 0) is 37.5 Å². The summed E-state index contributed by atoms with van der Waals surface area (Å²) in [7, 11) is 2.14. The van der Waals surface area contributed by atoms with Crippen molar-refractivity contribution in [2.75, 3.05) is 13.6 Å². The number of likely N-dealkylation sites (N-methyl/N-ethyl adjacent to an activating group) is 1. The van der Waals surface area contributed by atoms with Crippen LogP contribution in [0.2, 0.25) is 0 Å². The number of phenols is 1. The highest BCUT2D eigenvalue weighted by molar-refractivity contribution is 6.29. The topological polar surface area (TPSA) is 85.3 Å². The van der Waals surface area contributed by atoms with Crippen molar-refractivity contribution < 1.29 is 28.9 Å². The van der Waals surface area contributed by atoms with Crippen molar-refractivity contribution in [3.8, 4) is 11.5 Å². The first-order chi connectivity index (χ1) is 16.0. The van der Waals surface area contributed by atoms with Crippen LogP contribution in [0.5, 0.6) is 11.5 Å². The maximum absolute atomic E-state index is 12.6. The van der Waals surface area contributed by atoms with E-state index < -0.39 is 29.6 Å². The van der Waals surface area contributed by atoms with Gasteiger partial charge in [0.15, 0.2) is 17.6 Å². The first-order valence-electron chi connectivity index (χ1n) is 11.3. The lowest BCUT2D eigenvalue weighted by molar-refractivity contribution is -0.174. The number of aromatic hydroxyl groups is 1. The molecule has 170 valence electrons. The van der Waals surface area contributed by atoms with Crippen molar-refractivity contribution in [3.63, 3.8) is 0 Å². The van der Waals surface area contributed by atoms with Crippen LogP contribution in [0.15, 0.2) is 54.6 Å². The maximum Gasteiger partial charge on any atom is 0.418 e. The molecule has 5 atom stereocenters. The Balaban J connectivity index is 1.27. The highest BCUT2D eigenvalue weighted by Crippen LogP contribution is 2.62. The number of carbonyl (C=O) groups excluding carboxylic acids is 2. The largest absolute Gasteiger partial charge is 0.504 e. The van der Waals surface area contributed by atoms with Gasteiger partial charge in [0.2, 0.25) is 0 Å². The Morgan fingerprint density at radius 1 is 1.15 bits per heavy atom. The standard InChI is InChI=1S/C26H25NO6/c1-27-12-11-26-17-8-10-20(32-25(30)24(29)31-14-15-5-3-2-4-6-15)23(26)33-22-19(28)9-7-16(21(22)26)13-18(17)27/h2-10,17-18,20,23,28H,11-14H2,1H3/t17-,18+,20-,23-,26-/m0/s1. The second kappa shape index (κ2) is 7.35. The van der Waals surface area contributed by atoms with Crippen LogP contribution in [0.25, 0.3) is 0 Å². The summed E-state index contributed by atoms with van der Waals surface area (Å²) < 4.78 is 17.1. The molecule has 7 heteroatoms. The fraction of sp³-hybridized carbons (Fsp3) is 0.385. The Morgan fingerprint density at radius 3 is 2.79 bits per heavy atom. The second-order valence-corrected chi connectivity index (χ2v) is 9.37. The summed E-state index contributed by atoms with van der Waals surface area (Å²) in [6, 6.07) is 13.1. The molecule has 2 aromatic carbocycles. The zero-order valence-electron chi connectivity index (χ0n) is 18.3. The monoisotopic (exact) mass is 447 g/mol. The molecule has 33 heavy (non-hydrogen) atoms. The lowest BCUT2D eigenvalue weighted by atomic mass is 9.53. The van der Waals surface area contributed by atoms with Crippen LogP contribution in [0.1, 0.15) is 23.1 Å². The number of hydrogen-bond acceptors (Lipinski definition) is 7. The number of hydrogen-bond donors (Lipinski definition) is 1. The summed E-state index contributed by atoms with van der Waals surface area (Å²) in [5.41, 5.74) is 2.60. The Hall–Kier alpha value is -3.32. The minimum absolute atomic E-state index is 0.00208. The van der Waals surface area contributed by atoms with Gasteiger partial charge in [0.05, 0.1) is 0 Å². The highest BCUT2D eigenvalue weighted by Gasteiger charge is 2.65. The minimum Gasteiger partial charge on any atom is -0.504 e. The van der Waals surface area contributed by atoms with Gasteiger partial charge in [0.25, 0.3) is 0 Å². The van der Waals surface area contributed by atoms with Crippen LogP contribution in [0.4, 0.5) is 0 Å². The van der Waals surface area contributed by atoms with Crippen LogP contribution >= 0.6 is 0 Å². The Morgan fingerprint density at radius 2 is 1.97 bits per heavy atom. The predicted octanol–water partition coefficient (Wildman–Crippen LogP) is 2.49. The molecule has 1 saturated heterocycles. The molecule has 1 spiro atoms. The van der Waals surface area contributed by atoms with E-state index in [0.29, 0.717) is 11.8 Å². The normalized spacial score (nSPS) is 30.8. The van der Waals surface area contributed by atoms with E-state index >= 15 is 0 Å². The summed E-state index contributed by atoms with van der Waals surface area (Å²) >= 11 is 0. The molecule has 2 bridgehead atoms. The molecule has 0 radical (unpaired) electrons. The molecule has 6 rings (SSSR count). The first kappa shape index (κ1) is 20.3. The molecular formula is C26H25NO6. The van der Waals surface area contributed by atoms with Gasteiger partial charge in [-0.1, -0.05) is 42.5 Å². The average Bonchev–Trinajstić information content (AvgIpc) is 3.18. The third-order valence-electron chi connectivity index (χ3n) is 7.75. The van der Waals surface area contributed by atoms with E-state index in [9.17, 15) is 14.7 Å². The van der Waals surface area contributed by atoms with Gasteiger partial charge in [-0.25, -0.2) is 9.59 Å². The average molecular weight is 447 g/mol. The van der Waals surface area contributed by atoms with E-state index in [-0.39, 0.29) is 18.3 Å². The lowest BCUT2D eigenvalue weighted by Gasteiger charge is -2.56.